The highest BCUT2D eigenvalue weighted by Crippen LogP contribution is 2.47. The number of aryl methyl sites for hydroxylation is 2. The number of hydrogen-bond donors (Lipinski definition) is 1. The number of benzene rings is 2. The number of ketones is 1. The first-order valence-electron chi connectivity index (χ1n) is 10.2. The number of anilines is 1. The van der Waals surface area contributed by atoms with Crippen molar-refractivity contribution in [2.24, 2.45) is 0 Å². The number of carbonyl (C=O) groups is 2. The molecule has 2 aromatic heterocycles. The Morgan fingerprint density at radius 2 is 1.91 bits per heavy atom. The average molecular weight is 512 g/mol. The number of amides is 1. The van der Waals surface area contributed by atoms with Crippen LogP contribution in [0.1, 0.15) is 32.0 Å². The second-order valence-corrected chi connectivity index (χ2v) is 10.3. The predicted molar refractivity (Wildman–Crippen MR) is 133 cm³/mol. The minimum atomic E-state index is -0.936. The molecule has 1 aliphatic rings. The lowest BCUT2D eigenvalue weighted by Crippen LogP contribution is -2.31. The lowest BCUT2D eigenvalue weighted by Gasteiger charge is -2.25. The molecular weight excluding hydrogens is 494 g/mol. The highest BCUT2D eigenvalue weighted by molar-refractivity contribution is 7.22. The molecule has 0 aliphatic carbocycles. The number of thiazole rings is 2. The summed E-state index contributed by atoms with van der Waals surface area (Å²) < 4.78 is 6.33. The first-order chi connectivity index (χ1) is 16.3. The van der Waals surface area contributed by atoms with Gasteiger partial charge in [0.15, 0.2) is 10.9 Å². The average Bonchev–Trinajstić information content (AvgIpc) is 3.46. The van der Waals surface area contributed by atoms with E-state index in [1.807, 2.05) is 0 Å². The third kappa shape index (κ3) is 3.56. The fourth-order valence-corrected chi connectivity index (χ4v) is 6.22. The summed E-state index contributed by atoms with van der Waals surface area (Å²) in [6.07, 6.45) is 0. The van der Waals surface area contributed by atoms with Crippen molar-refractivity contribution >= 4 is 61.3 Å². The Bertz CT molecular complexity index is 1510. The number of hydrogen-bond acceptors (Lipinski definition) is 8. The molecule has 7 nitrogen and oxygen atoms in total. The highest BCUT2D eigenvalue weighted by Gasteiger charge is 2.47. The summed E-state index contributed by atoms with van der Waals surface area (Å²) in [6, 6.07) is 11.4. The van der Waals surface area contributed by atoms with E-state index in [4.69, 9.17) is 16.3 Å². The largest absolute Gasteiger partial charge is 0.503 e. The number of aliphatic hydroxyl groups excluding tert-OH is 1. The second kappa shape index (κ2) is 8.50. The maximum atomic E-state index is 13.7. The number of carbonyl (C=O) groups excluding carboxylic acids is 2. The summed E-state index contributed by atoms with van der Waals surface area (Å²) in [5, 5.41) is 12.6. The van der Waals surface area contributed by atoms with Gasteiger partial charge < -0.3 is 9.84 Å². The van der Waals surface area contributed by atoms with Crippen molar-refractivity contribution in [3.8, 4) is 5.75 Å². The lowest BCUT2D eigenvalue weighted by molar-refractivity contribution is -0.117. The highest BCUT2D eigenvalue weighted by atomic mass is 35.5. The van der Waals surface area contributed by atoms with Crippen LogP contribution in [-0.2, 0) is 4.79 Å². The standard InChI is InChI=1S/C24H18ClN3O4S2/c1-11-22(33-12(2)26-11)20(29)18-19(14-6-4-5-7-16(14)32-3)28(23(31)21(18)30)24-27-15-9-8-13(25)10-17(15)34-24/h4-10,19,30H,1-3H3. The molecule has 5 rings (SSSR count). The number of aromatic nitrogens is 2. The summed E-state index contributed by atoms with van der Waals surface area (Å²) in [5.41, 5.74) is 1.73. The molecule has 1 N–H and O–H groups in total. The van der Waals surface area contributed by atoms with Gasteiger partial charge in [0.25, 0.3) is 5.91 Å². The molecule has 0 radical (unpaired) electrons. The topological polar surface area (TPSA) is 92.6 Å². The van der Waals surface area contributed by atoms with Crippen molar-refractivity contribution in [1.82, 2.24) is 9.97 Å². The van der Waals surface area contributed by atoms with E-state index in [1.54, 1.807) is 56.3 Å². The number of ether oxygens (including phenoxy) is 1. The second-order valence-electron chi connectivity index (χ2n) is 7.67. The molecule has 1 atom stereocenters. The zero-order chi connectivity index (χ0) is 24.1. The molecule has 1 amide bonds. The molecule has 2 aromatic carbocycles. The zero-order valence-corrected chi connectivity index (χ0v) is 20.7. The van der Waals surface area contributed by atoms with Crippen LogP contribution in [-0.4, -0.2) is 33.9 Å². The Kier molecular flexibility index (Phi) is 5.63. The fourth-order valence-electron chi connectivity index (χ4n) is 4.07. The molecule has 0 saturated carbocycles. The van der Waals surface area contributed by atoms with E-state index in [0.717, 1.165) is 9.71 Å². The van der Waals surface area contributed by atoms with Gasteiger partial charge in [0.05, 0.1) is 38.5 Å². The Labute approximate surface area is 207 Å². The number of Topliss-reactive ketones (excluding diaryl/α,β-unsaturated/α-hetero) is 1. The maximum absolute atomic E-state index is 13.7. The molecule has 10 heteroatoms. The van der Waals surface area contributed by atoms with E-state index in [-0.39, 0.29) is 5.57 Å². The molecule has 4 aromatic rings. The number of halogens is 1. The molecule has 0 fully saturated rings. The monoisotopic (exact) mass is 511 g/mol. The van der Waals surface area contributed by atoms with Crippen LogP contribution < -0.4 is 9.64 Å². The molecular formula is C24H18ClN3O4S2. The molecule has 1 aliphatic heterocycles. The van der Waals surface area contributed by atoms with Crippen LogP contribution in [0, 0.1) is 13.8 Å². The Morgan fingerprint density at radius 1 is 1.15 bits per heavy atom. The van der Waals surface area contributed by atoms with Crippen molar-refractivity contribution in [1.29, 1.82) is 0 Å². The van der Waals surface area contributed by atoms with Gasteiger partial charge in [-0.1, -0.05) is 41.1 Å². The molecule has 1 unspecified atom stereocenters. The summed E-state index contributed by atoms with van der Waals surface area (Å²) in [5.74, 6) is -1.28. The summed E-state index contributed by atoms with van der Waals surface area (Å²) in [7, 11) is 1.52. The van der Waals surface area contributed by atoms with Gasteiger partial charge in [-0.05, 0) is 38.1 Å². The lowest BCUT2D eigenvalue weighted by atomic mass is 9.94. The first-order valence-corrected chi connectivity index (χ1v) is 12.3. The van der Waals surface area contributed by atoms with Gasteiger partial charge in [0, 0.05) is 10.6 Å². The van der Waals surface area contributed by atoms with Crippen LogP contribution in [0.5, 0.6) is 5.75 Å². The van der Waals surface area contributed by atoms with Crippen LogP contribution in [0.15, 0.2) is 53.8 Å². The number of methoxy groups -OCH3 is 1. The third-order valence-corrected chi connectivity index (χ3v) is 7.87. The predicted octanol–water partition coefficient (Wildman–Crippen LogP) is 5.81. The summed E-state index contributed by atoms with van der Waals surface area (Å²) >= 11 is 8.62. The first kappa shape index (κ1) is 22.5. The van der Waals surface area contributed by atoms with Crippen molar-refractivity contribution < 1.29 is 19.4 Å². The molecule has 3 heterocycles. The van der Waals surface area contributed by atoms with E-state index >= 15 is 0 Å². The Balaban J connectivity index is 1.72. The van der Waals surface area contributed by atoms with Crippen molar-refractivity contribution in [2.75, 3.05) is 12.0 Å². The van der Waals surface area contributed by atoms with Gasteiger partial charge in [0.1, 0.15) is 11.8 Å². The Morgan fingerprint density at radius 3 is 2.62 bits per heavy atom. The van der Waals surface area contributed by atoms with Crippen LogP contribution in [0.3, 0.4) is 0 Å². The zero-order valence-electron chi connectivity index (χ0n) is 18.3. The smallest absolute Gasteiger partial charge is 0.296 e. The van der Waals surface area contributed by atoms with E-state index < -0.39 is 23.5 Å². The number of nitrogens with zero attached hydrogens (tertiary/aromatic N) is 3. The number of para-hydroxylation sites is 1. The SMILES string of the molecule is COc1ccccc1C1C(C(=O)c2sc(C)nc2C)=C(O)C(=O)N1c1nc2ccc(Cl)cc2s1. The van der Waals surface area contributed by atoms with E-state index in [2.05, 4.69) is 9.97 Å². The molecule has 0 bridgehead atoms. The minimum absolute atomic E-state index is 0.0291. The fraction of sp³-hybridized carbons (Fsp3) is 0.167. The summed E-state index contributed by atoms with van der Waals surface area (Å²) in [4.78, 5) is 37.8. The summed E-state index contributed by atoms with van der Waals surface area (Å²) in [6.45, 7) is 3.54. The van der Waals surface area contributed by atoms with Crippen molar-refractivity contribution in [3.63, 3.8) is 0 Å². The van der Waals surface area contributed by atoms with Crippen LogP contribution in [0.4, 0.5) is 5.13 Å². The maximum Gasteiger partial charge on any atom is 0.296 e. The normalized spacial score (nSPS) is 16.1. The van der Waals surface area contributed by atoms with Crippen LogP contribution >= 0.6 is 34.3 Å². The Hall–Kier alpha value is -3.27. The van der Waals surface area contributed by atoms with E-state index in [0.29, 0.717) is 37.6 Å². The number of aliphatic hydroxyl groups is 1. The van der Waals surface area contributed by atoms with Gasteiger partial charge in [-0.15, -0.1) is 11.3 Å². The molecule has 0 spiro atoms. The third-order valence-electron chi connectivity index (χ3n) is 5.54. The number of rotatable bonds is 5. The van der Waals surface area contributed by atoms with E-state index in [1.165, 1.54) is 34.7 Å². The van der Waals surface area contributed by atoms with Crippen LogP contribution in [0.2, 0.25) is 5.02 Å². The molecule has 172 valence electrons. The van der Waals surface area contributed by atoms with Gasteiger partial charge >= 0.3 is 0 Å². The van der Waals surface area contributed by atoms with Gasteiger partial charge in [-0.2, -0.15) is 0 Å². The van der Waals surface area contributed by atoms with Crippen molar-refractivity contribution in [2.45, 2.75) is 19.9 Å². The quantitative estimate of drug-likeness (QED) is 0.340. The minimum Gasteiger partial charge on any atom is -0.503 e. The van der Waals surface area contributed by atoms with Crippen LogP contribution in [0.25, 0.3) is 10.2 Å². The molecule has 0 saturated heterocycles. The number of fused-ring (bicyclic) bond motifs is 1. The van der Waals surface area contributed by atoms with Gasteiger partial charge in [0.2, 0.25) is 5.78 Å². The van der Waals surface area contributed by atoms with Crippen molar-refractivity contribution in [3.05, 3.63) is 80.0 Å². The van der Waals surface area contributed by atoms with E-state index in [9.17, 15) is 14.7 Å². The van der Waals surface area contributed by atoms with Gasteiger partial charge in [-0.3, -0.25) is 14.5 Å². The molecule has 34 heavy (non-hydrogen) atoms. The van der Waals surface area contributed by atoms with Gasteiger partial charge in [-0.25, -0.2) is 9.97 Å².